The van der Waals surface area contributed by atoms with Gasteiger partial charge in [0.15, 0.2) is 10.9 Å². The molecule has 0 radical (unpaired) electrons. The van der Waals surface area contributed by atoms with Gasteiger partial charge in [0.25, 0.3) is 0 Å². The normalized spacial score (nSPS) is 21.8. The highest BCUT2D eigenvalue weighted by molar-refractivity contribution is 7.15. The lowest BCUT2D eigenvalue weighted by Crippen LogP contribution is -2.30. The maximum Gasteiger partial charge on any atom is 0.391 e. The second-order valence-corrected chi connectivity index (χ2v) is 10.0. The number of nitrogens with one attached hydrogen (secondary N) is 1. The Hall–Kier alpha value is -2.29. The van der Waals surface area contributed by atoms with Crippen molar-refractivity contribution in [3.8, 4) is 0 Å². The maximum absolute atomic E-state index is 13.4. The van der Waals surface area contributed by atoms with E-state index in [1.807, 2.05) is 37.9 Å². The molecule has 0 bridgehead atoms. The fourth-order valence-corrected chi connectivity index (χ4v) is 5.44. The summed E-state index contributed by atoms with van der Waals surface area (Å²) >= 11 is 1.58. The molecule has 3 heterocycles. The van der Waals surface area contributed by atoms with Crippen molar-refractivity contribution in [2.24, 2.45) is 5.92 Å². The van der Waals surface area contributed by atoms with Gasteiger partial charge in [-0.15, -0.1) is 11.3 Å². The number of aromatic nitrogens is 2. The van der Waals surface area contributed by atoms with E-state index >= 15 is 0 Å². The van der Waals surface area contributed by atoms with Gasteiger partial charge in [0.1, 0.15) is 5.82 Å². The van der Waals surface area contributed by atoms with Crippen LogP contribution in [0.5, 0.6) is 0 Å². The molecule has 2 unspecified atom stereocenters. The lowest BCUT2D eigenvalue weighted by molar-refractivity contribution is -0.183. The molecule has 1 aliphatic heterocycles. The molecule has 1 fully saturated rings. The highest BCUT2D eigenvalue weighted by atomic mass is 32.1. The lowest BCUT2D eigenvalue weighted by Gasteiger charge is -2.32. The molecular weight excluding hydrogens is 435 g/mol. The number of alkyl halides is 3. The lowest BCUT2D eigenvalue weighted by atomic mass is 9.79. The molecule has 174 valence electrons. The van der Waals surface area contributed by atoms with Gasteiger partial charge >= 0.3 is 6.18 Å². The summed E-state index contributed by atoms with van der Waals surface area (Å²) in [4.78, 5) is 14.8. The summed E-state index contributed by atoms with van der Waals surface area (Å²) in [6.45, 7) is 9.83. The summed E-state index contributed by atoms with van der Waals surface area (Å²) in [6, 6.07) is 3.91. The van der Waals surface area contributed by atoms with Crippen LogP contribution < -0.4 is 15.1 Å². The van der Waals surface area contributed by atoms with Crippen molar-refractivity contribution in [2.75, 3.05) is 35.3 Å². The summed E-state index contributed by atoms with van der Waals surface area (Å²) < 4.78 is 40.1. The molecule has 1 N–H and O–H groups in total. The number of pyridine rings is 1. The zero-order valence-electron chi connectivity index (χ0n) is 18.8. The van der Waals surface area contributed by atoms with Crippen molar-refractivity contribution in [2.45, 2.75) is 58.0 Å². The maximum atomic E-state index is 13.4. The van der Waals surface area contributed by atoms with Crippen molar-refractivity contribution >= 4 is 28.0 Å². The van der Waals surface area contributed by atoms with E-state index in [-0.39, 0.29) is 18.8 Å². The second-order valence-electron chi connectivity index (χ2n) is 8.84. The van der Waals surface area contributed by atoms with Crippen LogP contribution in [0, 0.1) is 19.8 Å². The van der Waals surface area contributed by atoms with E-state index in [9.17, 15) is 13.2 Å². The first-order chi connectivity index (χ1) is 15.1. The minimum absolute atomic E-state index is 0.113. The van der Waals surface area contributed by atoms with Crippen LogP contribution in [-0.4, -0.2) is 36.3 Å². The predicted octanol–water partition coefficient (Wildman–Crippen LogP) is 6.22. The van der Waals surface area contributed by atoms with Crippen LogP contribution in [-0.2, 0) is 0 Å². The molecule has 0 spiro atoms. The van der Waals surface area contributed by atoms with E-state index < -0.39 is 12.1 Å². The van der Waals surface area contributed by atoms with Crippen molar-refractivity contribution in [3.05, 3.63) is 40.8 Å². The van der Waals surface area contributed by atoms with E-state index in [0.717, 1.165) is 58.8 Å². The Morgan fingerprint density at radius 3 is 2.62 bits per heavy atom. The summed E-state index contributed by atoms with van der Waals surface area (Å²) in [5.41, 5.74) is 2.69. The van der Waals surface area contributed by atoms with Gasteiger partial charge in [-0.2, -0.15) is 13.2 Å². The summed E-state index contributed by atoms with van der Waals surface area (Å²) in [5, 5.41) is 4.09. The zero-order chi connectivity index (χ0) is 23.0. The summed E-state index contributed by atoms with van der Waals surface area (Å²) in [6.07, 6.45) is -1.58. The molecule has 1 saturated carbocycles. The third-order valence-electron chi connectivity index (χ3n) is 6.58. The average Bonchev–Trinajstić information content (AvgIpc) is 2.96. The zero-order valence-corrected chi connectivity index (χ0v) is 19.6. The SMILES string of the molecule is C=C(Nc1nc(C)c(C)s1)N1CCCN(C)c2ccc(C3CCCC(C(F)(F)F)C3)nc21. The van der Waals surface area contributed by atoms with Crippen LogP contribution in [0.1, 0.15) is 54.3 Å². The molecular formula is C23H30F3N5S. The molecule has 2 aromatic heterocycles. The van der Waals surface area contributed by atoms with Gasteiger partial charge in [-0.05, 0) is 51.7 Å². The fraction of sp³-hybridized carbons (Fsp3) is 0.565. The number of fused-ring (bicyclic) bond motifs is 1. The molecule has 2 atom stereocenters. The summed E-state index contributed by atoms with van der Waals surface area (Å²) in [5.74, 6) is 0.00566. The molecule has 5 nitrogen and oxygen atoms in total. The van der Waals surface area contributed by atoms with E-state index in [1.165, 1.54) is 0 Å². The Kier molecular flexibility index (Phi) is 6.38. The highest BCUT2D eigenvalue weighted by Crippen LogP contribution is 2.44. The van der Waals surface area contributed by atoms with Gasteiger partial charge in [0, 0.05) is 36.6 Å². The Morgan fingerprint density at radius 2 is 1.94 bits per heavy atom. The van der Waals surface area contributed by atoms with Crippen molar-refractivity contribution < 1.29 is 13.2 Å². The van der Waals surface area contributed by atoms with Gasteiger partial charge in [-0.1, -0.05) is 13.0 Å². The van der Waals surface area contributed by atoms with Crippen LogP contribution in [0.25, 0.3) is 0 Å². The minimum Gasteiger partial charge on any atom is -0.372 e. The third-order valence-corrected chi connectivity index (χ3v) is 7.57. The first-order valence-corrected chi connectivity index (χ1v) is 11.9. The number of thiazole rings is 1. The van der Waals surface area contributed by atoms with Gasteiger partial charge < -0.3 is 15.1 Å². The quantitative estimate of drug-likeness (QED) is 0.581. The number of nitrogens with zero attached hydrogens (tertiary/aromatic N) is 4. The van der Waals surface area contributed by atoms with E-state index in [0.29, 0.717) is 12.2 Å². The molecule has 2 aliphatic rings. The van der Waals surface area contributed by atoms with Crippen LogP contribution in [0.4, 0.5) is 29.8 Å². The van der Waals surface area contributed by atoms with E-state index in [4.69, 9.17) is 4.98 Å². The smallest absolute Gasteiger partial charge is 0.372 e. The Bertz CT molecular complexity index is 967. The van der Waals surface area contributed by atoms with Crippen LogP contribution in [0.15, 0.2) is 24.5 Å². The van der Waals surface area contributed by atoms with Crippen LogP contribution in [0.3, 0.4) is 0 Å². The number of halogens is 3. The van der Waals surface area contributed by atoms with Crippen molar-refractivity contribution in [3.63, 3.8) is 0 Å². The standard InChI is InChI=1S/C23H30F3N5S/c1-14-15(2)32-22(27-14)28-16(3)31-12-6-11-30(4)20-10-9-19(29-21(20)31)17-7-5-8-18(13-17)23(24,25)26/h9-10,17-18H,3,5-8,11-13H2,1-2,4H3,(H,27,28). The van der Waals surface area contributed by atoms with Crippen LogP contribution >= 0.6 is 11.3 Å². The monoisotopic (exact) mass is 465 g/mol. The van der Waals surface area contributed by atoms with Gasteiger partial charge in [-0.3, -0.25) is 0 Å². The van der Waals surface area contributed by atoms with E-state index in [2.05, 4.69) is 21.8 Å². The number of hydrogen-bond donors (Lipinski definition) is 1. The first kappa shape index (κ1) is 22.9. The molecule has 0 amide bonds. The summed E-state index contributed by atoms with van der Waals surface area (Å²) in [7, 11) is 2.02. The molecule has 1 aliphatic carbocycles. The van der Waals surface area contributed by atoms with Gasteiger partial charge in [-0.25, -0.2) is 9.97 Å². The highest BCUT2D eigenvalue weighted by Gasteiger charge is 2.42. The predicted molar refractivity (Wildman–Crippen MR) is 125 cm³/mol. The van der Waals surface area contributed by atoms with Crippen LogP contribution in [0.2, 0.25) is 0 Å². The number of aryl methyl sites for hydroxylation is 2. The van der Waals surface area contributed by atoms with Crippen molar-refractivity contribution in [1.29, 1.82) is 0 Å². The van der Waals surface area contributed by atoms with Gasteiger partial charge in [0.05, 0.1) is 17.3 Å². The van der Waals surface area contributed by atoms with E-state index in [1.54, 1.807) is 11.3 Å². The largest absolute Gasteiger partial charge is 0.391 e. The Labute approximate surface area is 191 Å². The first-order valence-electron chi connectivity index (χ1n) is 11.1. The topological polar surface area (TPSA) is 44.3 Å². The second kappa shape index (κ2) is 8.92. The molecule has 4 rings (SSSR count). The Balaban J connectivity index is 1.63. The average molecular weight is 466 g/mol. The Morgan fingerprint density at radius 1 is 1.16 bits per heavy atom. The molecule has 0 aromatic carbocycles. The molecule has 32 heavy (non-hydrogen) atoms. The molecule has 2 aromatic rings. The molecule has 0 saturated heterocycles. The molecule has 9 heteroatoms. The number of anilines is 3. The number of hydrogen-bond acceptors (Lipinski definition) is 6. The van der Waals surface area contributed by atoms with Gasteiger partial charge in [0.2, 0.25) is 0 Å². The minimum atomic E-state index is -4.14. The number of rotatable bonds is 4. The third kappa shape index (κ3) is 4.72. The van der Waals surface area contributed by atoms with Crippen molar-refractivity contribution in [1.82, 2.24) is 9.97 Å². The fourth-order valence-electron chi connectivity index (χ4n) is 4.61.